The van der Waals surface area contributed by atoms with Crippen LogP contribution < -0.4 is 0 Å². The van der Waals surface area contributed by atoms with Crippen LogP contribution in [0.15, 0.2) is 0 Å². The van der Waals surface area contributed by atoms with Crippen LogP contribution in [0.1, 0.15) is 13.8 Å². The summed E-state index contributed by atoms with van der Waals surface area (Å²) in [4.78, 5) is 27.2. The van der Waals surface area contributed by atoms with Crippen molar-refractivity contribution in [2.24, 2.45) is 5.92 Å². The molecule has 11 heteroatoms. The van der Waals surface area contributed by atoms with Gasteiger partial charge < -0.3 is 23.9 Å². The van der Waals surface area contributed by atoms with Crippen LogP contribution in [0.25, 0.3) is 0 Å². The van der Waals surface area contributed by atoms with E-state index in [0.717, 1.165) is 0 Å². The average Bonchev–Trinajstić information content (AvgIpc) is 2.72. The Labute approximate surface area is 111 Å². The third-order valence-electron chi connectivity index (χ3n) is 3.34. The molecule has 19 heavy (non-hydrogen) atoms. The molecule has 2 aliphatic rings. The molecule has 8 nitrogen and oxygen atoms in total. The lowest BCUT2D eigenvalue weighted by molar-refractivity contribution is 0.0172. The minimum absolute atomic E-state index is 0.411. The van der Waals surface area contributed by atoms with Crippen molar-refractivity contribution >= 4 is 23.3 Å². The van der Waals surface area contributed by atoms with E-state index < -0.39 is 51.3 Å². The lowest BCUT2D eigenvalue weighted by atomic mass is 9.93. The van der Waals surface area contributed by atoms with Gasteiger partial charge in [0.25, 0.3) is 0 Å². The predicted octanol–water partition coefficient (Wildman–Crippen LogP) is -0.569. The Balaban J connectivity index is 2.02. The van der Waals surface area contributed by atoms with Crippen molar-refractivity contribution in [2.45, 2.75) is 43.8 Å². The Morgan fingerprint density at radius 1 is 1.16 bits per heavy atom. The summed E-state index contributed by atoms with van der Waals surface area (Å²) in [6, 6.07) is -0.411. The van der Waals surface area contributed by atoms with Crippen LogP contribution in [0, 0.1) is 5.92 Å². The van der Waals surface area contributed by atoms with E-state index in [1.165, 1.54) is 0 Å². The summed E-state index contributed by atoms with van der Waals surface area (Å²) in [5.41, 5.74) is -0.557. The van der Waals surface area contributed by atoms with Gasteiger partial charge in [0.1, 0.15) is 14.0 Å². The molecule has 1 saturated heterocycles. The van der Waals surface area contributed by atoms with Gasteiger partial charge in [0.2, 0.25) is 0 Å². The summed E-state index contributed by atoms with van der Waals surface area (Å²) in [5, 5.41) is 0. The van der Waals surface area contributed by atoms with E-state index >= 15 is 0 Å². The summed E-state index contributed by atoms with van der Waals surface area (Å²) in [5.74, 6) is -0.415. The standard InChI is InChI=1S/C8H17BO8P2/c1-3(2)18(10,11)16-7-4-5(15-8(7)9)6(4)17-19(12,13)14/h3-8H,9H2,1-2H3,(H,10,11)(H2,12,13,14)/t4?,5-,6?,7+,8+/m0/s1. The lowest BCUT2D eigenvalue weighted by Crippen LogP contribution is -2.32. The summed E-state index contributed by atoms with van der Waals surface area (Å²) < 4.78 is 37.8. The van der Waals surface area contributed by atoms with E-state index in [2.05, 4.69) is 4.52 Å². The van der Waals surface area contributed by atoms with E-state index in [4.69, 9.17) is 19.0 Å². The second kappa shape index (κ2) is 4.93. The molecule has 0 aromatic carbocycles. The molecule has 3 N–H and O–H groups in total. The maximum absolute atomic E-state index is 11.9. The van der Waals surface area contributed by atoms with Gasteiger partial charge in [-0.05, 0) is 0 Å². The Morgan fingerprint density at radius 3 is 2.21 bits per heavy atom. The van der Waals surface area contributed by atoms with Crippen LogP contribution >= 0.6 is 15.4 Å². The summed E-state index contributed by atoms with van der Waals surface area (Å²) in [6.45, 7) is 3.13. The van der Waals surface area contributed by atoms with Crippen molar-refractivity contribution in [3.63, 3.8) is 0 Å². The SMILES string of the molecule is B[C@@H]1O[C@@H]2C(OP(=O)(O)O)C2[C@H]1OP(=O)(O)C(C)C. The van der Waals surface area contributed by atoms with Crippen molar-refractivity contribution in [1.82, 2.24) is 0 Å². The largest absolute Gasteiger partial charge is 0.469 e. The highest BCUT2D eigenvalue weighted by Gasteiger charge is 2.66. The monoisotopic (exact) mass is 314 g/mol. The molecule has 0 amide bonds. The highest BCUT2D eigenvalue weighted by Crippen LogP contribution is 2.59. The van der Waals surface area contributed by atoms with Crippen LogP contribution in [0.3, 0.4) is 0 Å². The van der Waals surface area contributed by atoms with Crippen LogP contribution in [0.2, 0.25) is 0 Å². The smallest absolute Gasteiger partial charge is 0.378 e. The van der Waals surface area contributed by atoms with Gasteiger partial charge in [-0.2, -0.15) is 0 Å². The molecule has 0 aromatic rings. The maximum atomic E-state index is 11.9. The number of rotatable bonds is 5. The Hall–Kier alpha value is 0.285. The normalized spacial score (nSPS) is 41.1. The number of fused-ring (bicyclic) bond motifs is 1. The zero-order chi connectivity index (χ0) is 14.6. The van der Waals surface area contributed by atoms with Crippen molar-refractivity contribution in [1.29, 1.82) is 0 Å². The molecular formula is C8H17BO8P2. The van der Waals surface area contributed by atoms with Gasteiger partial charge in [-0.15, -0.1) is 0 Å². The number of ether oxygens (including phenoxy) is 1. The molecule has 1 aliphatic heterocycles. The third-order valence-corrected chi connectivity index (χ3v) is 5.71. The Kier molecular flexibility index (Phi) is 4.07. The van der Waals surface area contributed by atoms with E-state index in [1.807, 2.05) is 0 Å². The van der Waals surface area contributed by atoms with Crippen molar-refractivity contribution < 1.29 is 37.6 Å². The van der Waals surface area contributed by atoms with Gasteiger partial charge in [-0.3, -0.25) is 9.09 Å². The third kappa shape index (κ3) is 3.31. The van der Waals surface area contributed by atoms with Crippen molar-refractivity contribution in [3.05, 3.63) is 0 Å². The van der Waals surface area contributed by atoms with Crippen molar-refractivity contribution in [3.8, 4) is 0 Å². The van der Waals surface area contributed by atoms with E-state index in [1.54, 1.807) is 21.7 Å². The quantitative estimate of drug-likeness (QED) is 0.455. The first-order valence-corrected chi connectivity index (χ1v) is 9.11. The van der Waals surface area contributed by atoms with Gasteiger partial charge in [0.15, 0.2) is 0 Å². The molecule has 1 aliphatic carbocycles. The van der Waals surface area contributed by atoms with Crippen LogP contribution in [-0.4, -0.2) is 52.5 Å². The van der Waals surface area contributed by atoms with E-state index in [9.17, 15) is 14.0 Å². The van der Waals surface area contributed by atoms with E-state index in [0.29, 0.717) is 0 Å². The first kappa shape index (κ1) is 15.7. The highest BCUT2D eigenvalue weighted by molar-refractivity contribution is 7.53. The van der Waals surface area contributed by atoms with E-state index in [-0.39, 0.29) is 0 Å². The first-order valence-electron chi connectivity index (χ1n) is 5.93. The van der Waals surface area contributed by atoms with Crippen LogP contribution in [0.5, 0.6) is 0 Å². The Bertz CT molecular complexity index is 450. The first-order chi connectivity index (χ1) is 8.53. The summed E-state index contributed by atoms with van der Waals surface area (Å²) >= 11 is 0. The molecule has 1 heterocycles. The maximum Gasteiger partial charge on any atom is 0.469 e. The molecule has 0 spiro atoms. The fraction of sp³-hybridized carbons (Fsp3) is 1.00. The topological polar surface area (TPSA) is 123 Å². The molecule has 2 fully saturated rings. The minimum atomic E-state index is -4.60. The molecule has 0 bridgehead atoms. The number of phosphoric ester groups is 1. The average molecular weight is 314 g/mol. The zero-order valence-electron chi connectivity index (χ0n) is 10.7. The fourth-order valence-corrected chi connectivity index (χ4v) is 3.68. The van der Waals surface area contributed by atoms with Crippen LogP contribution in [0.4, 0.5) is 0 Å². The zero-order valence-corrected chi connectivity index (χ0v) is 12.5. The molecule has 3 unspecified atom stereocenters. The summed E-state index contributed by atoms with van der Waals surface area (Å²) in [6.07, 6.45) is -1.96. The molecule has 2 rings (SSSR count). The fourth-order valence-electron chi connectivity index (χ4n) is 2.20. The Morgan fingerprint density at radius 2 is 1.74 bits per heavy atom. The second-order valence-electron chi connectivity index (χ2n) is 5.17. The molecule has 0 radical (unpaired) electrons. The molecule has 0 aromatic heterocycles. The van der Waals surface area contributed by atoms with Gasteiger partial charge in [-0.25, -0.2) is 4.57 Å². The highest BCUT2D eigenvalue weighted by atomic mass is 31.2. The van der Waals surface area contributed by atoms with Gasteiger partial charge in [0.05, 0.1) is 23.9 Å². The summed E-state index contributed by atoms with van der Waals surface area (Å²) in [7, 11) is -6.68. The van der Waals surface area contributed by atoms with Crippen molar-refractivity contribution in [2.75, 3.05) is 0 Å². The van der Waals surface area contributed by atoms with Crippen LogP contribution in [-0.2, 0) is 22.9 Å². The van der Waals surface area contributed by atoms with Gasteiger partial charge >= 0.3 is 15.4 Å². The molecule has 1 saturated carbocycles. The van der Waals surface area contributed by atoms with Gasteiger partial charge in [0, 0.05) is 5.92 Å². The second-order valence-corrected chi connectivity index (χ2v) is 8.74. The number of hydrogen-bond donors (Lipinski definition) is 3. The predicted molar refractivity (Wildman–Crippen MR) is 67.4 cm³/mol. The lowest BCUT2D eigenvalue weighted by Gasteiger charge is -2.25. The number of hydrogen-bond acceptors (Lipinski definition) is 5. The molecule has 6 atom stereocenters. The molecule has 110 valence electrons. The minimum Gasteiger partial charge on any atom is -0.378 e. The number of phosphoric acid groups is 1. The van der Waals surface area contributed by atoms with Gasteiger partial charge in [-0.1, -0.05) is 13.8 Å². The molecular weight excluding hydrogens is 297 g/mol.